The van der Waals surface area contributed by atoms with E-state index in [1.54, 1.807) is 0 Å². The van der Waals surface area contributed by atoms with E-state index in [-0.39, 0.29) is 11.4 Å². The Balaban J connectivity index is 2.18. The zero-order chi connectivity index (χ0) is 13.8. The lowest BCUT2D eigenvalue weighted by Gasteiger charge is -2.06. The van der Waals surface area contributed by atoms with E-state index in [0.29, 0.717) is 10.3 Å². The lowest BCUT2D eigenvalue weighted by atomic mass is 10.3. The predicted molar refractivity (Wildman–Crippen MR) is 71.9 cm³/mol. The van der Waals surface area contributed by atoms with Crippen LogP contribution in [0.3, 0.4) is 0 Å². The van der Waals surface area contributed by atoms with Gasteiger partial charge in [-0.15, -0.1) is 0 Å². The van der Waals surface area contributed by atoms with Crippen LogP contribution in [0.1, 0.15) is 10.5 Å². The van der Waals surface area contributed by atoms with Gasteiger partial charge in [-0.05, 0) is 18.2 Å². The molecule has 8 heteroatoms. The van der Waals surface area contributed by atoms with Crippen LogP contribution in [0, 0.1) is 5.82 Å². The number of amides is 1. The third-order valence-electron chi connectivity index (χ3n) is 2.21. The van der Waals surface area contributed by atoms with Crippen molar-refractivity contribution in [1.82, 2.24) is 9.97 Å². The highest BCUT2D eigenvalue weighted by molar-refractivity contribution is 9.10. The van der Waals surface area contributed by atoms with Crippen molar-refractivity contribution in [3.8, 4) is 0 Å². The number of nitrogens with zero attached hydrogens (tertiary/aromatic N) is 2. The van der Waals surface area contributed by atoms with Crippen molar-refractivity contribution in [3.63, 3.8) is 0 Å². The van der Waals surface area contributed by atoms with E-state index in [1.807, 2.05) is 0 Å². The second-order valence-corrected chi connectivity index (χ2v) is 4.43. The summed E-state index contributed by atoms with van der Waals surface area (Å²) in [6, 6.07) is 4.23. The standard InChI is InChI=1S/C11H9BrFN5O/c12-6-1-2-7(13)8(3-6)17-11(19)9-4-16-10(18-14)5-15-9/h1-5H,14H2,(H,16,18)(H,17,19). The summed E-state index contributed by atoms with van der Waals surface area (Å²) < 4.78 is 14.1. The van der Waals surface area contributed by atoms with E-state index >= 15 is 0 Å². The summed E-state index contributed by atoms with van der Waals surface area (Å²) >= 11 is 3.19. The van der Waals surface area contributed by atoms with Gasteiger partial charge in [-0.1, -0.05) is 15.9 Å². The highest BCUT2D eigenvalue weighted by atomic mass is 79.9. The van der Waals surface area contributed by atoms with Gasteiger partial charge in [0.15, 0.2) is 5.82 Å². The smallest absolute Gasteiger partial charge is 0.275 e. The number of nitrogens with one attached hydrogen (secondary N) is 2. The van der Waals surface area contributed by atoms with Crippen molar-refractivity contribution in [2.24, 2.45) is 5.84 Å². The molecule has 0 fully saturated rings. The van der Waals surface area contributed by atoms with Gasteiger partial charge in [-0.3, -0.25) is 4.79 Å². The number of hydrogen-bond acceptors (Lipinski definition) is 5. The summed E-state index contributed by atoms with van der Waals surface area (Å²) in [5.74, 6) is 4.35. The minimum absolute atomic E-state index is 0.0541. The van der Waals surface area contributed by atoms with Crippen LogP contribution in [0.5, 0.6) is 0 Å². The van der Waals surface area contributed by atoms with Crippen molar-refractivity contribution in [1.29, 1.82) is 0 Å². The Bertz CT molecular complexity index is 605. The number of carbonyl (C=O) groups excluding carboxylic acids is 1. The Labute approximate surface area is 116 Å². The Morgan fingerprint density at radius 2 is 2.11 bits per heavy atom. The highest BCUT2D eigenvalue weighted by Crippen LogP contribution is 2.20. The zero-order valence-electron chi connectivity index (χ0n) is 9.52. The van der Waals surface area contributed by atoms with Gasteiger partial charge in [-0.2, -0.15) is 0 Å². The molecule has 0 unspecified atom stereocenters. The number of halogens is 2. The molecule has 0 aliphatic heterocycles. The number of anilines is 2. The Hall–Kier alpha value is -2.06. The number of rotatable bonds is 3. The molecule has 98 valence electrons. The SMILES string of the molecule is NNc1cnc(C(=O)Nc2cc(Br)ccc2F)cn1. The van der Waals surface area contributed by atoms with E-state index in [0.717, 1.165) is 0 Å². The third-order valence-corrected chi connectivity index (χ3v) is 2.70. The van der Waals surface area contributed by atoms with Crippen LogP contribution in [0.25, 0.3) is 0 Å². The molecule has 0 aliphatic carbocycles. The minimum Gasteiger partial charge on any atom is -0.318 e. The zero-order valence-corrected chi connectivity index (χ0v) is 11.1. The van der Waals surface area contributed by atoms with Gasteiger partial charge < -0.3 is 10.7 Å². The van der Waals surface area contributed by atoms with Gasteiger partial charge in [0, 0.05) is 4.47 Å². The van der Waals surface area contributed by atoms with Crippen LogP contribution >= 0.6 is 15.9 Å². The van der Waals surface area contributed by atoms with Crippen LogP contribution in [0.2, 0.25) is 0 Å². The minimum atomic E-state index is -0.562. The fourth-order valence-corrected chi connectivity index (χ4v) is 1.66. The van der Waals surface area contributed by atoms with E-state index < -0.39 is 11.7 Å². The molecule has 1 aromatic carbocycles. The number of benzene rings is 1. The van der Waals surface area contributed by atoms with Gasteiger partial charge in [0.2, 0.25) is 0 Å². The van der Waals surface area contributed by atoms with Crippen LogP contribution in [0.4, 0.5) is 15.9 Å². The van der Waals surface area contributed by atoms with Crippen LogP contribution in [-0.4, -0.2) is 15.9 Å². The first-order valence-electron chi connectivity index (χ1n) is 5.15. The number of nitrogens with two attached hydrogens (primary N) is 1. The fourth-order valence-electron chi connectivity index (χ4n) is 1.30. The summed E-state index contributed by atoms with van der Waals surface area (Å²) in [5, 5.41) is 2.41. The van der Waals surface area contributed by atoms with Crippen molar-refractivity contribution < 1.29 is 9.18 Å². The molecular weight excluding hydrogens is 317 g/mol. The third kappa shape index (κ3) is 3.24. The van der Waals surface area contributed by atoms with Crippen molar-refractivity contribution in [3.05, 3.63) is 46.6 Å². The highest BCUT2D eigenvalue weighted by Gasteiger charge is 2.11. The van der Waals surface area contributed by atoms with Crippen LogP contribution < -0.4 is 16.6 Å². The molecule has 6 nitrogen and oxygen atoms in total. The van der Waals surface area contributed by atoms with E-state index in [1.165, 1.54) is 30.6 Å². The molecule has 2 rings (SSSR count). The number of aromatic nitrogens is 2. The molecule has 0 bridgehead atoms. The number of hydrogen-bond donors (Lipinski definition) is 3. The molecule has 1 heterocycles. The van der Waals surface area contributed by atoms with E-state index in [9.17, 15) is 9.18 Å². The number of hydrazine groups is 1. The Morgan fingerprint density at radius 1 is 1.32 bits per heavy atom. The Kier molecular flexibility index (Phi) is 4.03. The van der Waals surface area contributed by atoms with Crippen molar-refractivity contribution >= 4 is 33.3 Å². The van der Waals surface area contributed by atoms with E-state index in [2.05, 4.69) is 36.6 Å². The number of carbonyl (C=O) groups is 1. The van der Waals surface area contributed by atoms with E-state index in [4.69, 9.17) is 5.84 Å². The van der Waals surface area contributed by atoms with Gasteiger partial charge in [-0.25, -0.2) is 20.2 Å². The molecule has 0 radical (unpaired) electrons. The van der Waals surface area contributed by atoms with Crippen molar-refractivity contribution in [2.45, 2.75) is 0 Å². The Morgan fingerprint density at radius 3 is 2.74 bits per heavy atom. The summed E-state index contributed by atoms with van der Waals surface area (Å²) in [6.07, 6.45) is 2.53. The average Bonchev–Trinajstić information content (AvgIpc) is 2.43. The largest absolute Gasteiger partial charge is 0.318 e. The molecule has 19 heavy (non-hydrogen) atoms. The summed E-state index contributed by atoms with van der Waals surface area (Å²) in [4.78, 5) is 19.5. The van der Waals surface area contributed by atoms with Crippen molar-refractivity contribution in [2.75, 3.05) is 10.7 Å². The molecule has 0 spiro atoms. The second kappa shape index (κ2) is 5.72. The van der Waals surface area contributed by atoms with Gasteiger partial charge in [0.1, 0.15) is 11.5 Å². The summed E-state index contributed by atoms with van der Waals surface area (Å²) in [7, 11) is 0. The lowest BCUT2D eigenvalue weighted by molar-refractivity contribution is 0.102. The van der Waals surface area contributed by atoms with Gasteiger partial charge >= 0.3 is 0 Å². The lowest BCUT2D eigenvalue weighted by Crippen LogP contribution is -2.16. The first-order chi connectivity index (χ1) is 9.10. The fraction of sp³-hybridized carbons (Fsp3) is 0. The quantitative estimate of drug-likeness (QED) is 0.592. The normalized spacial score (nSPS) is 10.1. The van der Waals surface area contributed by atoms with Crippen LogP contribution in [-0.2, 0) is 0 Å². The monoisotopic (exact) mass is 325 g/mol. The van der Waals surface area contributed by atoms with Gasteiger partial charge in [0.25, 0.3) is 5.91 Å². The number of nitrogen functional groups attached to an aromatic ring is 1. The van der Waals surface area contributed by atoms with Gasteiger partial charge in [0.05, 0.1) is 18.1 Å². The molecule has 0 saturated heterocycles. The summed E-state index contributed by atoms with van der Waals surface area (Å²) in [6.45, 7) is 0. The maximum Gasteiger partial charge on any atom is 0.275 e. The molecule has 1 amide bonds. The molecule has 0 aliphatic rings. The average molecular weight is 326 g/mol. The molecule has 1 aromatic heterocycles. The first-order valence-corrected chi connectivity index (χ1v) is 5.94. The maximum absolute atomic E-state index is 13.5. The topological polar surface area (TPSA) is 92.9 Å². The maximum atomic E-state index is 13.5. The van der Waals surface area contributed by atoms with Crippen LogP contribution in [0.15, 0.2) is 35.1 Å². The molecular formula is C11H9BrFN5O. The summed E-state index contributed by atoms with van der Waals surface area (Å²) in [5.41, 5.74) is 2.40. The molecule has 0 atom stereocenters. The molecule has 0 saturated carbocycles. The molecule has 4 N–H and O–H groups in total. The first kappa shape index (κ1) is 13.4. The predicted octanol–water partition coefficient (Wildman–Crippen LogP) is 1.92. The molecule has 2 aromatic rings. The second-order valence-electron chi connectivity index (χ2n) is 3.51.